The average Bonchev–Trinajstić information content (AvgIpc) is 3.15. The van der Waals surface area contributed by atoms with Crippen molar-refractivity contribution in [2.45, 2.75) is 32.7 Å². The summed E-state index contributed by atoms with van der Waals surface area (Å²) in [6.45, 7) is 7.88. The lowest BCUT2D eigenvalue weighted by molar-refractivity contribution is 0.161. The van der Waals surface area contributed by atoms with Crippen molar-refractivity contribution in [3.8, 4) is 23.3 Å². The molecule has 6 heteroatoms. The highest BCUT2D eigenvalue weighted by Crippen LogP contribution is 2.51. The Bertz CT molecular complexity index is 1180. The van der Waals surface area contributed by atoms with Crippen LogP contribution in [-0.2, 0) is 15.0 Å². The molecule has 2 aromatic rings. The summed E-state index contributed by atoms with van der Waals surface area (Å²) in [6.07, 6.45) is 4.67. The molecule has 0 fully saturated rings. The number of hydrogen-bond acceptors (Lipinski definition) is 6. The maximum absolute atomic E-state index is 6.22. The van der Waals surface area contributed by atoms with Crippen molar-refractivity contribution >= 4 is 11.6 Å². The molecule has 1 aromatic heterocycles. The van der Waals surface area contributed by atoms with Crippen molar-refractivity contribution in [3.63, 3.8) is 0 Å². The van der Waals surface area contributed by atoms with Gasteiger partial charge in [0.25, 0.3) is 6.02 Å². The maximum Gasteiger partial charge on any atom is 0.283 e. The molecule has 1 aromatic carbocycles. The van der Waals surface area contributed by atoms with Gasteiger partial charge in [-0.2, -0.15) is 0 Å². The van der Waals surface area contributed by atoms with E-state index in [-0.39, 0.29) is 11.4 Å². The number of aliphatic imine (C=N–C) groups is 1. The first-order valence-corrected chi connectivity index (χ1v) is 10.5. The summed E-state index contributed by atoms with van der Waals surface area (Å²) >= 11 is 0. The molecule has 0 aliphatic carbocycles. The van der Waals surface area contributed by atoms with E-state index in [2.05, 4.69) is 43.7 Å². The van der Waals surface area contributed by atoms with E-state index in [4.69, 9.17) is 24.9 Å². The van der Waals surface area contributed by atoms with Crippen LogP contribution in [0.15, 0.2) is 41.5 Å². The Morgan fingerprint density at radius 2 is 1.97 bits per heavy atom. The molecular formula is C25H25N3O3. The van der Waals surface area contributed by atoms with Crippen LogP contribution >= 0.6 is 0 Å². The van der Waals surface area contributed by atoms with Gasteiger partial charge in [-0.3, -0.25) is 4.98 Å². The lowest BCUT2D eigenvalue weighted by Gasteiger charge is -2.33. The number of nitrogens with zero attached hydrogens (tertiary/aromatic N) is 2. The summed E-state index contributed by atoms with van der Waals surface area (Å²) in [5.74, 6) is 7.95. The minimum absolute atomic E-state index is 0.0895. The number of nitrogens with two attached hydrogens (primary N) is 1. The van der Waals surface area contributed by atoms with Gasteiger partial charge in [0.1, 0.15) is 12.4 Å². The molecule has 3 aliphatic rings. The van der Waals surface area contributed by atoms with Gasteiger partial charge in [0.05, 0.1) is 25.1 Å². The normalized spacial score (nSPS) is 21.6. The molecule has 2 N–H and O–H groups in total. The van der Waals surface area contributed by atoms with Crippen LogP contribution < -0.4 is 10.5 Å². The van der Waals surface area contributed by atoms with Crippen LogP contribution in [0.4, 0.5) is 0 Å². The van der Waals surface area contributed by atoms with Crippen LogP contribution in [0.3, 0.4) is 0 Å². The first kappa shape index (κ1) is 19.7. The van der Waals surface area contributed by atoms with Gasteiger partial charge < -0.3 is 19.9 Å². The van der Waals surface area contributed by atoms with Gasteiger partial charge in [-0.1, -0.05) is 17.9 Å². The van der Waals surface area contributed by atoms with Gasteiger partial charge in [0.15, 0.2) is 11.3 Å². The third kappa shape index (κ3) is 3.55. The van der Waals surface area contributed by atoms with E-state index in [1.165, 1.54) is 0 Å². The van der Waals surface area contributed by atoms with Crippen molar-refractivity contribution in [1.29, 1.82) is 0 Å². The molecule has 1 spiro atoms. The van der Waals surface area contributed by atoms with Crippen LogP contribution in [0.5, 0.6) is 11.5 Å². The molecule has 31 heavy (non-hydrogen) atoms. The predicted octanol–water partition coefficient (Wildman–Crippen LogP) is 3.98. The summed E-state index contributed by atoms with van der Waals surface area (Å²) in [5.41, 5.74) is 9.91. The number of hydrogen-bond donors (Lipinski definition) is 1. The fourth-order valence-corrected chi connectivity index (χ4v) is 4.03. The van der Waals surface area contributed by atoms with E-state index >= 15 is 0 Å². The van der Waals surface area contributed by atoms with Crippen LogP contribution in [0, 0.1) is 17.3 Å². The zero-order chi connectivity index (χ0) is 21.6. The Balaban J connectivity index is 1.66. The van der Waals surface area contributed by atoms with Crippen molar-refractivity contribution in [2.75, 3.05) is 19.8 Å². The zero-order valence-corrected chi connectivity index (χ0v) is 18.0. The molecule has 0 saturated carbocycles. The number of amidine groups is 1. The SMILES string of the molecule is CC(C)(C)C#Cc1ccc2c(c1)[C@@]1(COC(N)=N1)c1cc(C3=CCOCC3)ncc1O2. The van der Waals surface area contributed by atoms with Gasteiger partial charge >= 0.3 is 0 Å². The number of rotatable bonds is 1. The Kier molecular flexibility index (Phi) is 4.53. The standard InChI is InChI=1S/C25H25N3O3/c1-24(2,3)9-6-16-4-5-21-18(12-16)25(15-30-23(26)28-25)19-13-20(27-14-22(19)31-21)17-7-10-29-11-8-17/h4-5,7,12-14H,8,10-11,15H2,1-3H3,(H2,26,28)/t25-/m0/s1. The van der Waals surface area contributed by atoms with Gasteiger partial charge in [-0.25, -0.2) is 4.99 Å². The maximum atomic E-state index is 6.22. The average molecular weight is 415 g/mol. The number of benzene rings is 1. The largest absolute Gasteiger partial charge is 0.462 e. The van der Waals surface area contributed by atoms with Gasteiger partial charge in [-0.05, 0) is 57.0 Å². The highest BCUT2D eigenvalue weighted by Gasteiger charge is 2.47. The first-order valence-electron chi connectivity index (χ1n) is 10.5. The molecule has 0 unspecified atom stereocenters. The van der Waals surface area contributed by atoms with E-state index in [1.807, 2.05) is 24.3 Å². The van der Waals surface area contributed by atoms with Crippen molar-refractivity contribution in [2.24, 2.45) is 16.1 Å². The minimum atomic E-state index is -0.782. The van der Waals surface area contributed by atoms with E-state index in [0.29, 0.717) is 25.6 Å². The molecule has 5 rings (SSSR count). The second-order valence-electron chi connectivity index (χ2n) is 9.03. The Morgan fingerprint density at radius 3 is 2.68 bits per heavy atom. The quantitative estimate of drug-likeness (QED) is 0.713. The Morgan fingerprint density at radius 1 is 1.13 bits per heavy atom. The third-order valence-corrected chi connectivity index (χ3v) is 5.56. The summed E-state index contributed by atoms with van der Waals surface area (Å²) in [4.78, 5) is 9.41. The number of pyridine rings is 1. The second-order valence-corrected chi connectivity index (χ2v) is 9.03. The molecular weight excluding hydrogens is 390 g/mol. The Labute approximate surface area is 182 Å². The van der Waals surface area contributed by atoms with E-state index in [9.17, 15) is 0 Å². The first-order chi connectivity index (χ1) is 14.8. The number of ether oxygens (including phenoxy) is 3. The van der Waals surface area contributed by atoms with Crippen molar-refractivity contribution < 1.29 is 14.2 Å². The topological polar surface area (TPSA) is 79.0 Å². The fraction of sp³-hybridized carbons (Fsp3) is 0.360. The third-order valence-electron chi connectivity index (χ3n) is 5.56. The van der Waals surface area contributed by atoms with Crippen LogP contribution in [0.25, 0.3) is 5.57 Å². The lowest BCUT2D eigenvalue weighted by atomic mass is 9.80. The molecule has 0 bridgehead atoms. The monoisotopic (exact) mass is 415 g/mol. The number of fused-ring (bicyclic) bond motifs is 4. The van der Waals surface area contributed by atoms with E-state index in [0.717, 1.165) is 40.1 Å². The number of aromatic nitrogens is 1. The molecule has 0 saturated heterocycles. The summed E-state index contributed by atoms with van der Waals surface area (Å²) in [7, 11) is 0. The smallest absolute Gasteiger partial charge is 0.283 e. The molecule has 0 amide bonds. The lowest BCUT2D eigenvalue weighted by Crippen LogP contribution is -2.31. The molecule has 3 aliphatic heterocycles. The molecule has 158 valence electrons. The van der Waals surface area contributed by atoms with Crippen molar-refractivity contribution in [3.05, 3.63) is 58.9 Å². The van der Waals surface area contributed by atoms with Gasteiger partial charge in [0, 0.05) is 22.1 Å². The van der Waals surface area contributed by atoms with Crippen LogP contribution in [0.2, 0.25) is 0 Å². The molecule has 6 nitrogen and oxygen atoms in total. The van der Waals surface area contributed by atoms with E-state index < -0.39 is 5.54 Å². The van der Waals surface area contributed by atoms with Gasteiger partial charge in [-0.15, -0.1) is 0 Å². The molecule has 0 radical (unpaired) electrons. The van der Waals surface area contributed by atoms with Crippen LogP contribution in [-0.4, -0.2) is 30.8 Å². The summed E-state index contributed by atoms with van der Waals surface area (Å²) < 4.78 is 17.3. The highest BCUT2D eigenvalue weighted by molar-refractivity contribution is 5.77. The second kappa shape index (κ2) is 7.14. The van der Waals surface area contributed by atoms with E-state index in [1.54, 1.807) is 6.20 Å². The highest BCUT2D eigenvalue weighted by atomic mass is 16.5. The van der Waals surface area contributed by atoms with Crippen molar-refractivity contribution in [1.82, 2.24) is 4.98 Å². The predicted molar refractivity (Wildman–Crippen MR) is 119 cm³/mol. The minimum Gasteiger partial charge on any atom is -0.462 e. The van der Waals surface area contributed by atoms with Crippen LogP contribution in [0.1, 0.15) is 49.6 Å². The summed E-state index contributed by atoms with van der Waals surface area (Å²) in [6, 6.07) is 8.16. The summed E-state index contributed by atoms with van der Waals surface area (Å²) in [5, 5.41) is 0. The fourth-order valence-electron chi connectivity index (χ4n) is 4.03. The molecule has 1 atom stereocenters. The Hall–Kier alpha value is -3.30. The zero-order valence-electron chi connectivity index (χ0n) is 18.0. The molecule has 4 heterocycles. The van der Waals surface area contributed by atoms with Gasteiger partial charge in [0.2, 0.25) is 0 Å².